The molecule has 7 atom stereocenters. The molecule has 0 aliphatic heterocycles. The van der Waals surface area contributed by atoms with Gasteiger partial charge in [0.05, 0.1) is 6.10 Å². The molecule has 132 valence electrons. The van der Waals surface area contributed by atoms with Crippen molar-refractivity contribution in [1.29, 1.82) is 0 Å². The zero-order valence-electron chi connectivity index (χ0n) is 16.1. The summed E-state index contributed by atoms with van der Waals surface area (Å²) in [6.45, 7) is 12.8. The molecule has 1 heteroatoms. The molecule has 4 fully saturated rings. The molecule has 4 saturated carbocycles. The van der Waals surface area contributed by atoms with Crippen LogP contribution < -0.4 is 0 Å². The Morgan fingerprint density at radius 3 is 2.04 bits per heavy atom. The van der Waals surface area contributed by atoms with E-state index in [-0.39, 0.29) is 6.10 Å². The molecule has 0 bridgehead atoms. The second kappa shape index (κ2) is 4.77. The summed E-state index contributed by atoms with van der Waals surface area (Å²) in [5.74, 6) is 2.84. The second-order valence-corrected chi connectivity index (χ2v) is 11.2. The third-order valence-electron chi connectivity index (χ3n) is 10.4. The molecule has 1 nitrogen and oxygen atoms in total. The lowest BCUT2D eigenvalue weighted by molar-refractivity contribution is -0.174. The molecule has 0 aromatic carbocycles. The van der Waals surface area contributed by atoms with Crippen molar-refractivity contribution in [1.82, 2.24) is 0 Å². The van der Waals surface area contributed by atoms with Crippen molar-refractivity contribution in [2.45, 2.75) is 98.5 Å². The quantitative estimate of drug-likeness (QED) is 0.598. The van der Waals surface area contributed by atoms with Crippen molar-refractivity contribution in [2.24, 2.45) is 39.4 Å². The largest absolute Gasteiger partial charge is 0.393 e. The van der Waals surface area contributed by atoms with Crippen molar-refractivity contribution in [3.8, 4) is 0 Å². The Morgan fingerprint density at radius 1 is 0.696 bits per heavy atom. The van der Waals surface area contributed by atoms with E-state index in [9.17, 15) is 5.11 Å². The van der Waals surface area contributed by atoms with Gasteiger partial charge in [-0.25, -0.2) is 0 Å². The summed E-state index contributed by atoms with van der Waals surface area (Å²) in [7, 11) is 0. The summed E-state index contributed by atoms with van der Waals surface area (Å²) in [5, 5.41) is 10.3. The van der Waals surface area contributed by atoms with Crippen molar-refractivity contribution in [3.05, 3.63) is 0 Å². The summed E-state index contributed by atoms with van der Waals surface area (Å²) in [6, 6.07) is 0. The highest BCUT2D eigenvalue weighted by Crippen LogP contribution is 2.72. The van der Waals surface area contributed by atoms with Gasteiger partial charge in [-0.15, -0.1) is 0 Å². The van der Waals surface area contributed by atoms with E-state index in [1.807, 2.05) is 0 Å². The number of aliphatic hydroxyl groups is 1. The molecule has 0 spiro atoms. The molecule has 5 unspecified atom stereocenters. The minimum Gasteiger partial charge on any atom is -0.393 e. The van der Waals surface area contributed by atoms with Gasteiger partial charge in [0, 0.05) is 0 Å². The van der Waals surface area contributed by atoms with Crippen LogP contribution in [0.2, 0.25) is 0 Å². The number of rotatable bonds is 0. The van der Waals surface area contributed by atoms with Crippen molar-refractivity contribution >= 4 is 0 Å². The smallest absolute Gasteiger partial charge is 0.0545 e. The van der Waals surface area contributed by atoms with Crippen LogP contribution in [0.4, 0.5) is 0 Å². The molecule has 0 radical (unpaired) electrons. The fraction of sp³-hybridized carbons (Fsp3) is 1.00. The lowest BCUT2D eigenvalue weighted by atomic mass is 9.40. The van der Waals surface area contributed by atoms with Crippen LogP contribution in [0.25, 0.3) is 0 Å². The van der Waals surface area contributed by atoms with E-state index in [1.165, 1.54) is 44.9 Å². The highest BCUT2D eigenvalue weighted by Gasteiger charge is 2.64. The predicted molar refractivity (Wildman–Crippen MR) is 96.1 cm³/mol. The summed E-state index contributed by atoms with van der Waals surface area (Å²) in [5.41, 5.74) is 1.97. The van der Waals surface area contributed by atoms with Crippen LogP contribution in [0.1, 0.15) is 92.4 Å². The van der Waals surface area contributed by atoms with Gasteiger partial charge in [0.1, 0.15) is 0 Å². The van der Waals surface area contributed by atoms with Gasteiger partial charge in [0.2, 0.25) is 0 Å². The Kier molecular flexibility index (Phi) is 3.41. The van der Waals surface area contributed by atoms with E-state index in [0.717, 1.165) is 30.6 Å². The number of hydrogen-bond donors (Lipinski definition) is 1. The first-order valence-corrected chi connectivity index (χ1v) is 10.3. The number of fused-ring (bicyclic) bond motifs is 5. The minimum absolute atomic E-state index is 0.0381. The molecule has 4 rings (SSSR count). The minimum atomic E-state index is -0.0381. The summed E-state index contributed by atoms with van der Waals surface area (Å²) in [6.07, 6.45) is 11.9. The van der Waals surface area contributed by atoms with Crippen LogP contribution in [-0.4, -0.2) is 11.2 Å². The van der Waals surface area contributed by atoms with Crippen LogP contribution in [-0.2, 0) is 0 Å². The SMILES string of the molecule is CC1(C)CCC2C3CC[C@@]4(C)C[C@H](O)CCC4(C)C3CCC21C. The van der Waals surface area contributed by atoms with Gasteiger partial charge in [-0.1, -0.05) is 34.6 Å². The van der Waals surface area contributed by atoms with Crippen LogP contribution in [0.5, 0.6) is 0 Å². The lowest BCUT2D eigenvalue weighted by Crippen LogP contribution is -2.58. The molecular weight excluding hydrogens is 280 g/mol. The maximum atomic E-state index is 10.3. The fourth-order valence-electron chi connectivity index (χ4n) is 8.11. The van der Waals surface area contributed by atoms with Crippen LogP contribution >= 0.6 is 0 Å². The molecule has 0 aromatic heterocycles. The zero-order chi connectivity index (χ0) is 16.7. The van der Waals surface area contributed by atoms with Gasteiger partial charge in [0.15, 0.2) is 0 Å². The summed E-state index contributed by atoms with van der Waals surface area (Å²) < 4.78 is 0. The van der Waals surface area contributed by atoms with Gasteiger partial charge in [-0.05, 0) is 97.2 Å². The number of aliphatic hydroxyl groups excluding tert-OH is 1. The standard InChI is InChI=1S/C22H38O/c1-19(2)10-8-17-16-7-11-20(3)14-15(23)6-12-22(20,5)18(16)9-13-21(17,19)4/h15-18,23H,6-14H2,1-5H3/t15-,16?,17?,18?,20+,21?,22?/m1/s1. The van der Waals surface area contributed by atoms with E-state index in [0.29, 0.717) is 21.7 Å². The average molecular weight is 319 g/mol. The summed E-state index contributed by atoms with van der Waals surface area (Å²) >= 11 is 0. The van der Waals surface area contributed by atoms with Crippen molar-refractivity contribution in [3.63, 3.8) is 0 Å². The van der Waals surface area contributed by atoms with Crippen LogP contribution in [0, 0.1) is 39.4 Å². The van der Waals surface area contributed by atoms with E-state index in [2.05, 4.69) is 34.6 Å². The maximum Gasteiger partial charge on any atom is 0.0545 e. The highest BCUT2D eigenvalue weighted by atomic mass is 16.3. The van der Waals surface area contributed by atoms with E-state index in [4.69, 9.17) is 0 Å². The second-order valence-electron chi connectivity index (χ2n) is 11.2. The summed E-state index contributed by atoms with van der Waals surface area (Å²) in [4.78, 5) is 0. The Hall–Kier alpha value is -0.0400. The third kappa shape index (κ3) is 1.95. The average Bonchev–Trinajstić information content (AvgIpc) is 2.71. The molecule has 4 aliphatic carbocycles. The molecule has 23 heavy (non-hydrogen) atoms. The lowest BCUT2D eigenvalue weighted by Gasteiger charge is -2.65. The van der Waals surface area contributed by atoms with Gasteiger partial charge in [-0.2, -0.15) is 0 Å². The Labute approximate surface area is 143 Å². The normalized spacial score (nSPS) is 58.2. The first-order chi connectivity index (χ1) is 10.6. The predicted octanol–water partition coefficient (Wildman–Crippen LogP) is 5.81. The van der Waals surface area contributed by atoms with Crippen molar-refractivity contribution < 1.29 is 5.11 Å². The molecule has 0 heterocycles. The van der Waals surface area contributed by atoms with Gasteiger partial charge < -0.3 is 5.11 Å². The van der Waals surface area contributed by atoms with Gasteiger partial charge in [0.25, 0.3) is 0 Å². The third-order valence-corrected chi connectivity index (χ3v) is 10.4. The molecule has 4 aliphatic rings. The number of hydrogen-bond acceptors (Lipinski definition) is 1. The Morgan fingerprint density at radius 2 is 1.30 bits per heavy atom. The van der Waals surface area contributed by atoms with E-state index in [1.54, 1.807) is 0 Å². The monoisotopic (exact) mass is 318 g/mol. The van der Waals surface area contributed by atoms with E-state index < -0.39 is 0 Å². The molecular formula is C22H38O. The Bertz CT molecular complexity index is 496. The van der Waals surface area contributed by atoms with Gasteiger partial charge >= 0.3 is 0 Å². The molecule has 0 aromatic rings. The van der Waals surface area contributed by atoms with E-state index >= 15 is 0 Å². The van der Waals surface area contributed by atoms with Crippen molar-refractivity contribution in [2.75, 3.05) is 0 Å². The maximum absolute atomic E-state index is 10.3. The molecule has 1 N–H and O–H groups in total. The molecule has 0 saturated heterocycles. The van der Waals surface area contributed by atoms with Crippen LogP contribution in [0.15, 0.2) is 0 Å². The van der Waals surface area contributed by atoms with Crippen LogP contribution in [0.3, 0.4) is 0 Å². The fourth-order valence-corrected chi connectivity index (χ4v) is 8.11. The molecule has 0 amide bonds. The van der Waals surface area contributed by atoms with Gasteiger partial charge in [-0.3, -0.25) is 0 Å². The Balaban J connectivity index is 1.68. The highest BCUT2D eigenvalue weighted by molar-refractivity contribution is 5.13. The first-order valence-electron chi connectivity index (χ1n) is 10.3. The first kappa shape index (κ1) is 16.4. The zero-order valence-corrected chi connectivity index (χ0v) is 16.1. The topological polar surface area (TPSA) is 20.2 Å².